The van der Waals surface area contributed by atoms with Gasteiger partial charge in [0, 0.05) is 23.8 Å². The maximum atomic E-state index is 12.7. The predicted molar refractivity (Wildman–Crippen MR) is 108 cm³/mol. The predicted octanol–water partition coefficient (Wildman–Crippen LogP) is 5.11. The van der Waals surface area contributed by atoms with Crippen molar-refractivity contribution >= 4 is 22.6 Å². The quantitative estimate of drug-likeness (QED) is 0.701. The van der Waals surface area contributed by atoms with Crippen molar-refractivity contribution in [3.05, 3.63) is 53.9 Å². The summed E-state index contributed by atoms with van der Waals surface area (Å²) in [5, 5.41) is 3.95. The number of nitrogens with one attached hydrogen (secondary N) is 1. The van der Waals surface area contributed by atoms with E-state index in [0.717, 1.165) is 16.6 Å². The SMILES string of the molecule is COc1ccc(C)cc1NC(=O)c1cnc2c(ccn2C2CCCCC2)c1. The monoisotopic (exact) mass is 363 g/mol. The van der Waals surface area contributed by atoms with Crippen molar-refractivity contribution in [2.24, 2.45) is 0 Å². The van der Waals surface area contributed by atoms with E-state index in [1.54, 1.807) is 13.3 Å². The molecule has 1 N–H and O–H groups in total. The van der Waals surface area contributed by atoms with Crippen LogP contribution in [0.3, 0.4) is 0 Å². The zero-order valence-electron chi connectivity index (χ0n) is 15.9. The highest BCUT2D eigenvalue weighted by atomic mass is 16.5. The highest BCUT2D eigenvalue weighted by molar-refractivity contribution is 6.06. The third-order valence-corrected chi connectivity index (χ3v) is 5.39. The molecule has 0 radical (unpaired) electrons. The fourth-order valence-corrected chi connectivity index (χ4v) is 3.94. The Morgan fingerprint density at radius 1 is 1.19 bits per heavy atom. The van der Waals surface area contributed by atoms with Crippen molar-refractivity contribution in [1.29, 1.82) is 0 Å². The number of rotatable bonds is 4. The molecule has 3 aromatic rings. The first-order valence-corrected chi connectivity index (χ1v) is 9.58. The van der Waals surface area contributed by atoms with E-state index in [1.165, 1.54) is 32.1 Å². The number of aromatic nitrogens is 2. The van der Waals surface area contributed by atoms with E-state index in [2.05, 4.69) is 27.1 Å². The van der Waals surface area contributed by atoms with Gasteiger partial charge in [0.2, 0.25) is 0 Å². The summed E-state index contributed by atoms with van der Waals surface area (Å²) in [6.07, 6.45) is 10.1. The smallest absolute Gasteiger partial charge is 0.257 e. The van der Waals surface area contributed by atoms with Gasteiger partial charge in [-0.2, -0.15) is 0 Å². The molecule has 0 bridgehead atoms. The number of benzene rings is 1. The second kappa shape index (κ2) is 7.43. The average Bonchev–Trinajstić information content (AvgIpc) is 3.12. The molecule has 0 atom stereocenters. The first-order valence-electron chi connectivity index (χ1n) is 9.58. The normalized spacial score (nSPS) is 15.0. The minimum Gasteiger partial charge on any atom is -0.495 e. The molecule has 0 spiro atoms. The van der Waals surface area contributed by atoms with Crippen LogP contribution in [0, 0.1) is 6.92 Å². The Hall–Kier alpha value is -2.82. The van der Waals surface area contributed by atoms with Crippen LogP contribution in [0.1, 0.15) is 54.1 Å². The summed E-state index contributed by atoms with van der Waals surface area (Å²) >= 11 is 0. The van der Waals surface area contributed by atoms with Crippen LogP contribution in [0.25, 0.3) is 11.0 Å². The molecule has 5 nitrogen and oxygen atoms in total. The van der Waals surface area contributed by atoms with Gasteiger partial charge in [0.1, 0.15) is 11.4 Å². The fourth-order valence-electron chi connectivity index (χ4n) is 3.94. The van der Waals surface area contributed by atoms with Gasteiger partial charge in [-0.05, 0) is 49.6 Å². The van der Waals surface area contributed by atoms with Crippen molar-refractivity contribution in [2.45, 2.75) is 45.1 Å². The number of hydrogen-bond donors (Lipinski definition) is 1. The van der Waals surface area contributed by atoms with E-state index in [9.17, 15) is 4.79 Å². The van der Waals surface area contributed by atoms with Gasteiger partial charge in [0.15, 0.2) is 0 Å². The number of aryl methyl sites for hydroxylation is 1. The van der Waals surface area contributed by atoms with Crippen molar-refractivity contribution in [3.8, 4) is 5.75 Å². The summed E-state index contributed by atoms with van der Waals surface area (Å²) in [6, 6.07) is 10.2. The van der Waals surface area contributed by atoms with E-state index >= 15 is 0 Å². The summed E-state index contributed by atoms with van der Waals surface area (Å²) in [4.78, 5) is 17.3. The molecule has 0 saturated heterocycles. The standard InChI is InChI=1S/C22H25N3O2/c1-15-8-9-20(27-2)19(12-15)24-22(26)17-13-16-10-11-25(21(16)23-14-17)18-6-4-3-5-7-18/h8-14,18H,3-7H2,1-2H3,(H,24,26). The Labute approximate surface area is 159 Å². The lowest BCUT2D eigenvalue weighted by atomic mass is 9.95. The Morgan fingerprint density at radius 3 is 2.78 bits per heavy atom. The number of pyridine rings is 1. The number of carbonyl (C=O) groups excluding carboxylic acids is 1. The van der Waals surface area contributed by atoms with Crippen LogP contribution in [0.2, 0.25) is 0 Å². The molecule has 1 saturated carbocycles. The van der Waals surface area contributed by atoms with Crippen LogP contribution >= 0.6 is 0 Å². The third kappa shape index (κ3) is 3.54. The number of ether oxygens (including phenoxy) is 1. The topological polar surface area (TPSA) is 56.1 Å². The van der Waals surface area contributed by atoms with Gasteiger partial charge in [-0.15, -0.1) is 0 Å². The van der Waals surface area contributed by atoms with Gasteiger partial charge < -0.3 is 14.6 Å². The maximum Gasteiger partial charge on any atom is 0.257 e. The molecule has 1 aliphatic carbocycles. The molecule has 140 valence electrons. The molecule has 4 rings (SSSR count). The van der Waals surface area contributed by atoms with Gasteiger partial charge in [-0.3, -0.25) is 4.79 Å². The molecule has 2 heterocycles. The number of nitrogens with zero attached hydrogens (tertiary/aromatic N) is 2. The Bertz CT molecular complexity index is 971. The number of anilines is 1. The lowest BCUT2D eigenvalue weighted by molar-refractivity contribution is 0.102. The number of methoxy groups -OCH3 is 1. The van der Waals surface area contributed by atoms with Crippen molar-refractivity contribution in [1.82, 2.24) is 9.55 Å². The number of hydrogen-bond acceptors (Lipinski definition) is 3. The molecule has 1 aromatic carbocycles. The molecule has 1 amide bonds. The summed E-state index contributed by atoms with van der Waals surface area (Å²) in [5.41, 5.74) is 3.24. The summed E-state index contributed by atoms with van der Waals surface area (Å²) < 4.78 is 7.62. The molecular weight excluding hydrogens is 338 g/mol. The molecule has 1 fully saturated rings. The van der Waals surface area contributed by atoms with Gasteiger partial charge in [-0.25, -0.2) is 4.98 Å². The van der Waals surface area contributed by atoms with Gasteiger partial charge in [-0.1, -0.05) is 25.3 Å². The zero-order chi connectivity index (χ0) is 18.8. The highest BCUT2D eigenvalue weighted by Crippen LogP contribution is 2.31. The molecule has 0 unspecified atom stereocenters. The summed E-state index contributed by atoms with van der Waals surface area (Å²) in [5.74, 6) is 0.463. The van der Waals surface area contributed by atoms with Crippen LogP contribution in [-0.2, 0) is 0 Å². The van der Waals surface area contributed by atoms with Crippen LogP contribution < -0.4 is 10.1 Å². The number of fused-ring (bicyclic) bond motifs is 1. The summed E-state index contributed by atoms with van der Waals surface area (Å²) in [6.45, 7) is 1.98. The lowest BCUT2D eigenvalue weighted by Crippen LogP contribution is -2.14. The van der Waals surface area contributed by atoms with Gasteiger partial charge in [0.05, 0.1) is 18.4 Å². The van der Waals surface area contributed by atoms with Gasteiger partial charge in [0.25, 0.3) is 5.91 Å². The average molecular weight is 363 g/mol. The van der Waals surface area contributed by atoms with E-state index < -0.39 is 0 Å². The molecule has 2 aromatic heterocycles. The van der Waals surface area contributed by atoms with Crippen LogP contribution in [0.5, 0.6) is 5.75 Å². The van der Waals surface area contributed by atoms with Crippen molar-refractivity contribution in [2.75, 3.05) is 12.4 Å². The molecule has 27 heavy (non-hydrogen) atoms. The van der Waals surface area contributed by atoms with Gasteiger partial charge >= 0.3 is 0 Å². The Kier molecular flexibility index (Phi) is 4.84. The van der Waals surface area contributed by atoms with E-state index in [4.69, 9.17) is 4.74 Å². The van der Waals surface area contributed by atoms with Crippen LogP contribution in [0.4, 0.5) is 5.69 Å². The minimum atomic E-state index is -0.182. The number of amides is 1. The van der Waals surface area contributed by atoms with Crippen LogP contribution in [0.15, 0.2) is 42.7 Å². The lowest BCUT2D eigenvalue weighted by Gasteiger charge is -2.23. The first-order chi connectivity index (χ1) is 13.2. The molecule has 1 aliphatic rings. The van der Waals surface area contributed by atoms with E-state index in [1.807, 2.05) is 31.2 Å². The van der Waals surface area contributed by atoms with Crippen LogP contribution in [-0.4, -0.2) is 22.6 Å². The van der Waals surface area contributed by atoms with E-state index in [0.29, 0.717) is 23.0 Å². The zero-order valence-corrected chi connectivity index (χ0v) is 15.9. The molecule has 0 aliphatic heterocycles. The minimum absolute atomic E-state index is 0.182. The molecule has 5 heteroatoms. The second-order valence-electron chi connectivity index (χ2n) is 7.31. The second-order valence-corrected chi connectivity index (χ2v) is 7.31. The van der Waals surface area contributed by atoms with Crippen molar-refractivity contribution in [3.63, 3.8) is 0 Å². The first kappa shape index (κ1) is 17.6. The third-order valence-electron chi connectivity index (χ3n) is 5.39. The Balaban J connectivity index is 1.59. The fraction of sp³-hybridized carbons (Fsp3) is 0.364. The highest BCUT2D eigenvalue weighted by Gasteiger charge is 2.18. The summed E-state index contributed by atoms with van der Waals surface area (Å²) in [7, 11) is 1.60. The number of carbonyl (C=O) groups is 1. The van der Waals surface area contributed by atoms with E-state index in [-0.39, 0.29) is 5.91 Å². The largest absolute Gasteiger partial charge is 0.495 e. The maximum absolute atomic E-state index is 12.7. The van der Waals surface area contributed by atoms with Crippen molar-refractivity contribution < 1.29 is 9.53 Å². The Morgan fingerprint density at radius 2 is 2.00 bits per heavy atom. The molecular formula is C22H25N3O2.